The number of benzene rings is 1. The third kappa shape index (κ3) is 4.28. The summed E-state index contributed by atoms with van der Waals surface area (Å²) >= 11 is 0. The predicted octanol–water partition coefficient (Wildman–Crippen LogP) is 1.85. The highest BCUT2D eigenvalue weighted by atomic mass is 16.3. The van der Waals surface area contributed by atoms with Gasteiger partial charge in [-0.2, -0.15) is 0 Å². The monoisotopic (exact) mass is 358 g/mol. The van der Waals surface area contributed by atoms with E-state index >= 15 is 0 Å². The average Bonchev–Trinajstić information content (AvgIpc) is 2.67. The Balaban J connectivity index is 1.82. The highest BCUT2D eigenvalue weighted by molar-refractivity contribution is 6.05. The number of nitrogens with one attached hydrogen (secondary N) is 2. The Morgan fingerprint density at radius 3 is 2.77 bits per heavy atom. The quantitative estimate of drug-likeness (QED) is 0.628. The maximum atomic E-state index is 12.6. The van der Waals surface area contributed by atoms with Gasteiger partial charge < -0.3 is 20.8 Å². The molecule has 1 aromatic carbocycles. The van der Waals surface area contributed by atoms with Crippen LogP contribution in [0.1, 0.15) is 49.4 Å². The topological polar surface area (TPSA) is 107 Å². The smallest absolute Gasteiger partial charge is 0.253 e. The van der Waals surface area contributed by atoms with Gasteiger partial charge in [0.15, 0.2) is 0 Å². The van der Waals surface area contributed by atoms with Crippen molar-refractivity contribution in [1.29, 1.82) is 0 Å². The Hall–Kier alpha value is -2.25. The summed E-state index contributed by atoms with van der Waals surface area (Å²) in [5.41, 5.74) is 1.06. The van der Waals surface area contributed by atoms with E-state index in [-0.39, 0.29) is 30.7 Å². The van der Waals surface area contributed by atoms with Crippen molar-refractivity contribution in [2.45, 2.75) is 57.2 Å². The molecule has 7 nitrogen and oxygen atoms in total. The van der Waals surface area contributed by atoms with Crippen molar-refractivity contribution < 1.29 is 15.0 Å². The molecule has 4 N–H and O–H groups in total. The molecule has 3 rings (SSSR count). The second-order valence-electron chi connectivity index (χ2n) is 6.85. The average molecular weight is 358 g/mol. The molecule has 1 heterocycles. The molecule has 1 atom stereocenters. The number of nitrogens with zero attached hydrogens (tertiary/aromatic N) is 2. The zero-order valence-electron chi connectivity index (χ0n) is 15.0. The van der Waals surface area contributed by atoms with Gasteiger partial charge in [-0.05, 0) is 38.2 Å². The number of para-hydroxylation sites is 1. The summed E-state index contributed by atoms with van der Waals surface area (Å²) < 4.78 is 0. The van der Waals surface area contributed by atoms with Crippen molar-refractivity contribution in [2.75, 3.05) is 11.9 Å². The molecule has 26 heavy (non-hydrogen) atoms. The molecule has 140 valence electrons. The highest BCUT2D eigenvalue weighted by Gasteiger charge is 2.20. The van der Waals surface area contributed by atoms with Gasteiger partial charge >= 0.3 is 0 Å². The molecule has 1 amide bonds. The second-order valence-corrected chi connectivity index (χ2v) is 6.85. The van der Waals surface area contributed by atoms with Crippen molar-refractivity contribution in [3.05, 3.63) is 30.0 Å². The van der Waals surface area contributed by atoms with Crippen LogP contribution in [0.4, 0.5) is 5.95 Å². The summed E-state index contributed by atoms with van der Waals surface area (Å²) in [5.74, 6) is 0.246. The van der Waals surface area contributed by atoms with Crippen molar-refractivity contribution in [3.63, 3.8) is 0 Å². The lowest BCUT2D eigenvalue weighted by Gasteiger charge is -2.26. The fourth-order valence-corrected chi connectivity index (χ4v) is 3.25. The van der Waals surface area contributed by atoms with Crippen molar-refractivity contribution >= 4 is 22.8 Å². The Morgan fingerprint density at radius 2 is 2.08 bits per heavy atom. The molecule has 1 fully saturated rings. The number of aromatic nitrogens is 2. The molecule has 0 bridgehead atoms. The Kier molecular flexibility index (Phi) is 6.00. The summed E-state index contributed by atoms with van der Waals surface area (Å²) in [6.45, 7) is 1.82. The number of rotatable bonds is 6. The molecule has 7 heteroatoms. The molecule has 1 aromatic heterocycles. The zero-order chi connectivity index (χ0) is 18.5. The van der Waals surface area contributed by atoms with Crippen LogP contribution in [0.3, 0.4) is 0 Å². The van der Waals surface area contributed by atoms with Gasteiger partial charge in [-0.3, -0.25) is 4.79 Å². The van der Waals surface area contributed by atoms with Crippen LogP contribution in [0.5, 0.6) is 0 Å². The Morgan fingerprint density at radius 1 is 1.31 bits per heavy atom. The third-order valence-electron chi connectivity index (χ3n) is 4.93. The Bertz CT molecular complexity index is 756. The molecule has 0 aliphatic heterocycles. The summed E-state index contributed by atoms with van der Waals surface area (Å²) in [6, 6.07) is 5.36. The number of hydrogen-bond acceptors (Lipinski definition) is 6. The van der Waals surface area contributed by atoms with E-state index in [9.17, 15) is 15.0 Å². The van der Waals surface area contributed by atoms with Crippen LogP contribution in [0.2, 0.25) is 0 Å². The molecule has 1 aliphatic carbocycles. The SMILES string of the molecule is CC[C@@H](CO)NC(=O)c1cccc2cnc(NC3CCC(O)CC3)nc12. The van der Waals surface area contributed by atoms with Gasteiger partial charge in [0.25, 0.3) is 5.91 Å². The second kappa shape index (κ2) is 8.42. The number of aliphatic hydroxyl groups is 2. The zero-order valence-corrected chi connectivity index (χ0v) is 15.0. The number of amides is 1. The molecule has 1 aliphatic rings. The minimum absolute atomic E-state index is 0.0949. The minimum atomic E-state index is -0.272. The largest absolute Gasteiger partial charge is 0.394 e. The van der Waals surface area contributed by atoms with Crippen LogP contribution in [-0.2, 0) is 0 Å². The van der Waals surface area contributed by atoms with Crippen LogP contribution < -0.4 is 10.6 Å². The maximum absolute atomic E-state index is 12.6. The lowest BCUT2D eigenvalue weighted by atomic mass is 9.93. The van der Waals surface area contributed by atoms with E-state index in [0.29, 0.717) is 23.4 Å². The van der Waals surface area contributed by atoms with E-state index in [2.05, 4.69) is 20.6 Å². The number of hydrogen-bond donors (Lipinski definition) is 4. The van der Waals surface area contributed by atoms with E-state index in [4.69, 9.17) is 0 Å². The maximum Gasteiger partial charge on any atom is 0.253 e. The first kappa shape index (κ1) is 18.5. The molecule has 0 spiro atoms. The number of carbonyl (C=O) groups is 1. The van der Waals surface area contributed by atoms with Crippen LogP contribution in [0, 0.1) is 0 Å². The van der Waals surface area contributed by atoms with Gasteiger partial charge in [-0.1, -0.05) is 19.1 Å². The van der Waals surface area contributed by atoms with Crippen molar-refractivity contribution in [2.24, 2.45) is 0 Å². The number of carbonyl (C=O) groups excluding carboxylic acids is 1. The van der Waals surface area contributed by atoms with Crippen molar-refractivity contribution in [1.82, 2.24) is 15.3 Å². The molecule has 0 radical (unpaired) electrons. The van der Waals surface area contributed by atoms with E-state index in [1.54, 1.807) is 18.3 Å². The first-order valence-electron chi connectivity index (χ1n) is 9.22. The van der Waals surface area contributed by atoms with Gasteiger partial charge in [0.1, 0.15) is 0 Å². The Labute approximate surface area is 152 Å². The van der Waals surface area contributed by atoms with Crippen LogP contribution in [0.25, 0.3) is 10.9 Å². The number of aliphatic hydroxyl groups excluding tert-OH is 2. The molecule has 0 unspecified atom stereocenters. The summed E-state index contributed by atoms with van der Waals surface area (Å²) in [5, 5.41) is 25.9. The van der Waals surface area contributed by atoms with Crippen LogP contribution in [0.15, 0.2) is 24.4 Å². The summed E-state index contributed by atoms with van der Waals surface area (Å²) in [4.78, 5) is 21.5. The van der Waals surface area contributed by atoms with E-state index < -0.39 is 0 Å². The minimum Gasteiger partial charge on any atom is -0.394 e. The lowest BCUT2D eigenvalue weighted by Crippen LogP contribution is -2.37. The molecule has 1 saturated carbocycles. The number of fused-ring (bicyclic) bond motifs is 1. The molecular weight excluding hydrogens is 332 g/mol. The lowest BCUT2D eigenvalue weighted by molar-refractivity contribution is 0.0916. The van der Waals surface area contributed by atoms with Crippen molar-refractivity contribution in [3.8, 4) is 0 Å². The van der Waals surface area contributed by atoms with E-state index in [1.807, 2.05) is 13.0 Å². The van der Waals surface area contributed by atoms with E-state index in [1.165, 1.54) is 0 Å². The standard InChI is InChI=1S/C19H26N4O3/c1-2-13(11-24)21-18(26)16-5-3-4-12-10-20-19(23-17(12)16)22-14-6-8-15(25)9-7-14/h3-5,10,13-15,24-25H,2,6-9,11H2,1H3,(H,21,26)(H,20,22,23)/t13-,14?,15?/m0/s1. The van der Waals surface area contributed by atoms with Crippen LogP contribution in [-0.4, -0.2) is 50.9 Å². The molecular formula is C19H26N4O3. The summed E-state index contributed by atoms with van der Waals surface area (Å²) in [7, 11) is 0. The number of anilines is 1. The third-order valence-corrected chi connectivity index (χ3v) is 4.93. The van der Waals surface area contributed by atoms with E-state index in [0.717, 1.165) is 31.1 Å². The van der Waals surface area contributed by atoms with Gasteiger partial charge in [-0.25, -0.2) is 9.97 Å². The van der Waals surface area contributed by atoms with Gasteiger partial charge in [0, 0.05) is 17.6 Å². The van der Waals surface area contributed by atoms with Gasteiger partial charge in [-0.15, -0.1) is 0 Å². The molecule has 2 aromatic rings. The normalized spacial score (nSPS) is 21.3. The first-order valence-corrected chi connectivity index (χ1v) is 9.22. The van der Waals surface area contributed by atoms with Gasteiger partial charge in [0.2, 0.25) is 5.95 Å². The van der Waals surface area contributed by atoms with Gasteiger partial charge in [0.05, 0.1) is 29.8 Å². The predicted molar refractivity (Wildman–Crippen MR) is 100 cm³/mol. The van der Waals surface area contributed by atoms with Crippen LogP contribution >= 0.6 is 0 Å². The fraction of sp³-hybridized carbons (Fsp3) is 0.526. The summed E-state index contributed by atoms with van der Waals surface area (Å²) in [6.07, 6.45) is 5.46. The fourth-order valence-electron chi connectivity index (χ4n) is 3.25. The first-order chi connectivity index (χ1) is 12.6. The highest BCUT2D eigenvalue weighted by Crippen LogP contribution is 2.23. The molecule has 0 saturated heterocycles.